The van der Waals surface area contributed by atoms with Gasteiger partial charge >= 0.3 is 0 Å². The summed E-state index contributed by atoms with van der Waals surface area (Å²) in [6.45, 7) is 0. The van der Waals surface area contributed by atoms with Gasteiger partial charge in [-0.3, -0.25) is 0 Å². The Morgan fingerprint density at radius 3 is 2.38 bits per heavy atom. The molecule has 21 heavy (non-hydrogen) atoms. The predicted octanol–water partition coefficient (Wildman–Crippen LogP) is 3.10. The molecule has 3 aromatic rings. The van der Waals surface area contributed by atoms with Gasteiger partial charge in [0.1, 0.15) is 12.0 Å². The summed E-state index contributed by atoms with van der Waals surface area (Å²) in [7, 11) is 4.04. The molecule has 1 heterocycles. The number of para-hydroxylation sites is 1. The molecule has 0 aliphatic rings. The van der Waals surface area contributed by atoms with Gasteiger partial charge in [-0.25, -0.2) is 9.97 Å². The third kappa shape index (κ3) is 2.85. The summed E-state index contributed by atoms with van der Waals surface area (Å²) in [6, 6.07) is 16.1. The molecule has 0 amide bonds. The van der Waals surface area contributed by atoms with Crippen LogP contribution in [-0.4, -0.2) is 24.1 Å². The molecule has 0 saturated heterocycles. The van der Waals surface area contributed by atoms with Crippen LogP contribution in [0.4, 0.5) is 5.69 Å². The molecule has 2 aromatic carbocycles. The predicted molar refractivity (Wildman–Crippen MR) is 86.3 cm³/mol. The Kier molecular flexibility index (Phi) is 3.53. The maximum atomic E-state index is 4.27. The van der Waals surface area contributed by atoms with E-state index >= 15 is 0 Å². The smallest absolute Gasteiger partial charge is 0.124 e. The van der Waals surface area contributed by atoms with Crippen LogP contribution in [0, 0.1) is 11.8 Å². The first-order valence-corrected chi connectivity index (χ1v) is 6.73. The molecule has 0 saturated carbocycles. The quantitative estimate of drug-likeness (QED) is 0.638. The van der Waals surface area contributed by atoms with E-state index in [1.807, 2.05) is 50.5 Å². The number of hydrogen-bond donors (Lipinski definition) is 0. The van der Waals surface area contributed by atoms with Crippen LogP contribution < -0.4 is 4.90 Å². The van der Waals surface area contributed by atoms with E-state index in [9.17, 15) is 0 Å². The fourth-order valence-electron chi connectivity index (χ4n) is 2.08. The first-order chi connectivity index (χ1) is 10.2. The van der Waals surface area contributed by atoms with E-state index in [0.29, 0.717) is 0 Å². The third-order valence-corrected chi connectivity index (χ3v) is 3.25. The summed E-state index contributed by atoms with van der Waals surface area (Å²) in [5.74, 6) is 6.30. The maximum Gasteiger partial charge on any atom is 0.124 e. The number of benzene rings is 2. The lowest BCUT2D eigenvalue weighted by molar-refractivity contribution is 1.13. The molecule has 0 unspecified atom stereocenters. The van der Waals surface area contributed by atoms with Crippen LogP contribution in [0.5, 0.6) is 0 Å². The largest absolute Gasteiger partial charge is 0.378 e. The van der Waals surface area contributed by atoms with Gasteiger partial charge in [0.25, 0.3) is 0 Å². The summed E-state index contributed by atoms with van der Waals surface area (Å²) < 4.78 is 0. The monoisotopic (exact) mass is 273 g/mol. The molecule has 0 bridgehead atoms. The molecule has 3 heteroatoms. The molecule has 0 atom stereocenters. The van der Waals surface area contributed by atoms with Crippen molar-refractivity contribution < 1.29 is 0 Å². The van der Waals surface area contributed by atoms with Crippen molar-refractivity contribution in [3.8, 4) is 11.8 Å². The van der Waals surface area contributed by atoms with Gasteiger partial charge in [0.05, 0.1) is 5.52 Å². The van der Waals surface area contributed by atoms with Gasteiger partial charge in [0.2, 0.25) is 0 Å². The minimum Gasteiger partial charge on any atom is -0.378 e. The fraction of sp³-hybridized carbons (Fsp3) is 0.111. The van der Waals surface area contributed by atoms with Gasteiger partial charge in [-0.1, -0.05) is 18.1 Å². The first-order valence-electron chi connectivity index (χ1n) is 6.73. The zero-order valence-electron chi connectivity index (χ0n) is 12.0. The van der Waals surface area contributed by atoms with Crippen LogP contribution >= 0.6 is 0 Å². The second kappa shape index (κ2) is 5.64. The molecule has 0 aliphatic heterocycles. The van der Waals surface area contributed by atoms with Crippen molar-refractivity contribution in [3.63, 3.8) is 0 Å². The van der Waals surface area contributed by atoms with E-state index in [4.69, 9.17) is 0 Å². The first kappa shape index (κ1) is 13.1. The van der Waals surface area contributed by atoms with E-state index in [1.54, 1.807) is 6.33 Å². The van der Waals surface area contributed by atoms with E-state index in [2.05, 4.69) is 38.8 Å². The van der Waals surface area contributed by atoms with Crippen LogP contribution in [0.1, 0.15) is 11.3 Å². The minimum atomic E-state index is 0.761. The lowest BCUT2D eigenvalue weighted by Crippen LogP contribution is -2.07. The van der Waals surface area contributed by atoms with Crippen LogP contribution in [0.3, 0.4) is 0 Å². The summed E-state index contributed by atoms with van der Waals surface area (Å²) in [5, 5.41) is 0.984. The van der Waals surface area contributed by atoms with Crippen molar-refractivity contribution in [3.05, 3.63) is 66.1 Å². The Morgan fingerprint density at radius 1 is 0.857 bits per heavy atom. The molecule has 0 radical (unpaired) electrons. The highest BCUT2D eigenvalue weighted by Gasteiger charge is 1.99. The van der Waals surface area contributed by atoms with Gasteiger partial charge < -0.3 is 4.90 Å². The van der Waals surface area contributed by atoms with Crippen molar-refractivity contribution >= 4 is 16.6 Å². The molecule has 0 aliphatic carbocycles. The highest BCUT2D eigenvalue weighted by atomic mass is 15.1. The summed E-state index contributed by atoms with van der Waals surface area (Å²) in [5.41, 5.74) is 3.81. The van der Waals surface area contributed by atoms with E-state index in [-0.39, 0.29) is 0 Å². The Labute approximate surface area is 124 Å². The van der Waals surface area contributed by atoms with Crippen molar-refractivity contribution in [1.82, 2.24) is 9.97 Å². The van der Waals surface area contributed by atoms with Crippen molar-refractivity contribution in [2.45, 2.75) is 0 Å². The Balaban J connectivity index is 1.96. The molecule has 1 aromatic heterocycles. The highest BCUT2D eigenvalue weighted by Crippen LogP contribution is 2.14. The zero-order valence-corrected chi connectivity index (χ0v) is 12.0. The van der Waals surface area contributed by atoms with Crippen LogP contribution in [0.15, 0.2) is 54.9 Å². The third-order valence-electron chi connectivity index (χ3n) is 3.25. The summed E-state index contributed by atoms with van der Waals surface area (Å²) in [4.78, 5) is 10.6. The molecule has 0 spiro atoms. The standard InChI is InChI=1S/C18H15N3/c1-21(2)15-10-7-14(8-11-15)9-12-18-16-5-3-4-6-17(16)19-13-20-18/h3-8,10-11,13H,1-2H3. The lowest BCUT2D eigenvalue weighted by atomic mass is 10.1. The average molecular weight is 273 g/mol. The number of rotatable bonds is 1. The topological polar surface area (TPSA) is 29.0 Å². The second-order valence-corrected chi connectivity index (χ2v) is 4.93. The number of anilines is 1. The Bertz CT molecular complexity index is 819. The molecule has 0 fully saturated rings. The second-order valence-electron chi connectivity index (χ2n) is 4.93. The van der Waals surface area contributed by atoms with Crippen LogP contribution in [-0.2, 0) is 0 Å². The molecule has 3 nitrogen and oxygen atoms in total. The van der Waals surface area contributed by atoms with Crippen LogP contribution in [0.2, 0.25) is 0 Å². The maximum absolute atomic E-state index is 4.27. The van der Waals surface area contributed by atoms with E-state index in [1.165, 1.54) is 0 Å². The summed E-state index contributed by atoms with van der Waals surface area (Å²) in [6.07, 6.45) is 1.56. The number of fused-ring (bicyclic) bond motifs is 1. The number of aromatic nitrogens is 2. The number of nitrogens with zero attached hydrogens (tertiary/aromatic N) is 3. The van der Waals surface area contributed by atoms with Crippen molar-refractivity contribution in [1.29, 1.82) is 0 Å². The molecule has 102 valence electrons. The highest BCUT2D eigenvalue weighted by molar-refractivity contribution is 5.83. The van der Waals surface area contributed by atoms with Gasteiger partial charge in [-0.15, -0.1) is 0 Å². The van der Waals surface area contributed by atoms with E-state index in [0.717, 1.165) is 27.8 Å². The molecular weight excluding hydrogens is 258 g/mol. The van der Waals surface area contributed by atoms with Gasteiger partial charge in [-0.2, -0.15) is 0 Å². The lowest BCUT2D eigenvalue weighted by Gasteiger charge is -2.11. The number of hydrogen-bond acceptors (Lipinski definition) is 3. The molecule has 3 rings (SSSR count). The van der Waals surface area contributed by atoms with Gasteiger partial charge in [0, 0.05) is 30.7 Å². The van der Waals surface area contributed by atoms with Crippen molar-refractivity contribution in [2.75, 3.05) is 19.0 Å². The van der Waals surface area contributed by atoms with Gasteiger partial charge in [-0.05, 0) is 42.3 Å². The van der Waals surface area contributed by atoms with E-state index < -0.39 is 0 Å². The Morgan fingerprint density at radius 2 is 1.62 bits per heavy atom. The molecule has 0 N–H and O–H groups in total. The minimum absolute atomic E-state index is 0.761. The average Bonchev–Trinajstić information content (AvgIpc) is 2.53. The summed E-state index contributed by atoms with van der Waals surface area (Å²) >= 11 is 0. The van der Waals surface area contributed by atoms with Gasteiger partial charge in [0.15, 0.2) is 0 Å². The Hall–Kier alpha value is -2.86. The zero-order chi connectivity index (χ0) is 14.7. The molecular formula is C18H15N3. The normalized spacial score (nSPS) is 10.0. The van der Waals surface area contributed by atoms with Crippen LogP contribution in [0.25, 0.3) is 10.9 Å². The SMILES string of the molecule is CN(C)c1ccc(C#Cc2ncnc3ccccc23)cc1. The fourth-order valence-corrected chi connectivity index (χ4v) is 2.08. The van der Waals surface area contributed by atoms with Crippen molar-refractivity contribution in [2.24, 2.45) is 0 Å².